The van der Waals surface area contributed by atoms with Gasteiger partial charge in [0.25, 0.3) is 0 Å². The summed E-state index contributed by atoms with van der Waals surface area (Å²) in [7, 11) is 0. The molecule has 0 spiro atoms. The first-order valence-electron chi connectivity index (χ1n) is 5.76. The summed E-state index contributed by atoms with van der Waals surface area (Å²) < 4.78 is 2.01. The molecule has 0 saturated heterocycles. The van der Waals surface area contributed by atoms with E-state index in [9.17, 15) is 0 Å². The lowest BCUT2D eigenvalue weighted by molar-refractivity contribution is 0.221. The van der Waals surface area contributed by atoms with Crippen molar-refractivity contribution in [2.45, 2.75) is 26.8 Å². The molecule has 0 aliphatic carbocycles. The van der Waals surface area contributed by atoms with Gasteiger partial charge in [-0.05, 0) is 5.92 Å². The third kappa shape index (κ3) is 1.64. The molecule has 2 aromatic heterocycles. The number of aromatic nitrogens is 3. The molecule has 3 heterocycles. The summed E-state index contributed by atoms with van der Waals surface area (Å²) in [4.78, 5) is 8.16. The number of hydrogen-bond donors (Lipinski definition) is 0. The third-order valence-corrected chi connectivity index (χ3v) is 3.66. The molecule has 0 unspecified atom stereocenters. The van der Waals surface area contributed by atoms with Gasteiger partial charge in [0.2, 0.25) is 4.96 Å². The van der Waals surface area contributed by atoms with E-state index < -0.39 is 0 Å². The highest BCUT2D eigenvalue weighted by atomic mass is 32.1. The van der Waals surface area contributed by atoms with Crippen LogP contribution in [0.1, 0.15) is 25.2 Å². The minimum atomic E-state index is 0.723. The van der Waals surface area contributed by atoms with Crippen LogP contribution in [0, 0.1) is 5.92 Å². The number of hydrogen-bond acceptors (Lipinski definition) is 4. The summed E-state index contributed by atoms with van der Waals surface area (Å²) in [6.07, 6.45) is 1.07. The van der Waals surface area contributed by atoms with E-state index in [1.807, 2.05) is 10.0 Å². The maximum Gasteiger partial charge on any atom is 0.212 e. The van der Waals surface area contributed by atoms with Crippen molar-refractivity contribution >= 4 is 16.3 Å². The summed E-state index contributed by atoms with van der Waals surface area (Å²) in [6, 6.07) is 0. The number of nitrogens with zero attached hydrogens (tertiary/aromatic N) is 4. The molecule has 0 N–H and O–H groups in total. The quantitative estimate of drug-likeness (QED) is 0.797. The van der Waals surface area contributed by atoms with Crippen molar-refractivity contribution in [1.82, 2.24) is 19.5 Å². The molecule has 4 nitrogen and oxygen atoms in total. The van der Waals surface area contributed by atoms with Crippen molar-refractivity contribution in [1.29, 1.82) is 0 Å². The van der Waals surface area contributed by atoms with Gasteiger partial charge in [-0.3, -0.25) is 4.90 Å². The molecule has 0 fully saturated rings. The van der Waals surface area contributed by atoms with Crippen LogP contribution < -0.4 is 0 Å². The Labute approximate surface area is 98.9 Å². The Balaban J connectivity index is 1.91. The van der Waals surface area contributed by atoms with Crippen LogP contribution in [0.4, 0.5) is 0 Å². The Morgan fingerprint density at radius 3 is 3.19 bits per heavy atom. The normalized spacial score (nSPS) is 17.2. The SMILES string of the molecule is CC(C)CN1CCc2nc3scnn3c2C1. The van der Waals surface area contributed by atoms with E-state index in [1.54, 1.807) is 11.3 Å². The average Bonchev–Trinajstić information content (AvgIpc) is 2.77. The minimum Gasteiger partial charge on any atom is -0.297 e. The average molecular weight is 236 g/mol. The van der Waals surface area contributed by atoms with Crippen LogP contribution in [0.15, 0.2) is 5.51 Å². The Bertz CT molecular complexity index is 499. The first kappa shape index (κ1) is 10.2. The molecule has 86 valence electrons. The topological polar surface area (TPSA) is 33.4 Å². The standard InChI is InChI=1S/C11H16N4S/c1-8(2)5-14-4-3-9-10(6-14)15-11(13-9)16-7-12-15/h7-8H,3-6H2,1-2H3. The smallest absolute Gasteiger partial charge is 0.212 e. The summed E-state index contributed by atoms with van der Waals surface area (Å²) in [6.45, 7) is 7.83. The molecule has 0 radical (unpaired) electrons. The Hall–Kier alpha value is -0.940. The predicted molar refractivity (Wildman–Crippen MR) is 64.7 cm³/mol. The molecule has 0 atom stereocenters. The van der Waals surface area contributed by atoms with Crippen LogP contribution in [0.2, 0.25) is 0 Å². The fourth-order valence-electron chi connectivity index (χ4n) is 2.36. The van der Waals surface area contributed by atoms with Gasteiger partial charge in [0, 0.05) is 26.1 Å². The predicted octanol–water partition coefficient (Wildman–Crippen LogP) is 1.80. The van der Waals surface area contributed by atoms with E-state index in [1.165, 1.54) is 11.4 Å². The zero-order chi connectivity index (χ0) is 11.1. The van der Waals surface area contributed by atoms with E-state index in [-0.39, 0.29) is 0 Å². The van der Waals surface area contributed by atoms with Gasteiger partial charge < -0.3 is 0 Å². The van der Waals surface area contributed by atoms with Gasteiger partial charge in [-0.25, -0.2) is 9.50 Å². The van der Waals surface area contributed by atoms with Gasteiger partial charge in [-0.15, -0.1) is 0 Å². The van der Waals surface area contributed by atoms with Gasteiger partial charge in [-0.1, -0.05) is 25.2 Å². The maximum atomic E-state index is 4.62. The second kappa shape index (κ2) is 3.82. The second-order valence-electron chi connectivity index (χ2n) is 4.82. The van der Waals surface area contributed by atoms with Crippen molar-refractivity contribution in [3.05, 3.63) is 16.9 Å². The molecule has 5 heteroatoms. The van der Waals surface area contributed by atoms with Gasteiger partial charge >= 0.3 is 0 Å². The Kier molecular flexibility index (Phi) is 2.44. The first-order chi connectivity index (χ1) is 7.74. The van der Waals surface area contributed by atoms with Crippen molar-refractivity contribution in [2.24, 2.45) is 5.92 Å². The van der Waals surface area contributed by atoms with Gasteiger partial charge in [0.15, 0.2) is 0 Å². The number of fused-ring (bicyclic) bond motifs is 3. The van der Waals surface area contributed by atoms with E-state index >= 15 is 0 Å². The van der Waals surface area contributed by atoms with E-state index in [0.29, 0.717) is 0 Å². The van der Waals surface area contributed by atoms with Crippen LogP contribution in [0.25, 0.3) is 4.96 Å². The molecular weight excluding hydrogens is 220 g/mol. The van der Waals surface area contributed by atoms with Gasteiger partial charge in [-0.2, -0.15) is 5.10 Å². The van der Waals surface area contributed by atoms with Crippen molar-refractivity contribution in [3.8, 4) is 0 Å². The zero-order valence-corrected chi connectivity index (χ0v) is 10.5. The monoisotopic (exact) mass is 236 g/mol. The molecule has 3 rings (SSSR count). The highest BCUT2D eigenvalue weighted by molar-refractivity contribution is 7.14. The fraction of sp³-hybridized carbons (Fsp3) is 0.636. The molecule has 16 heavy (non-hydrogen) atoms. The van der Waals surface area contributed by atoms with Crippen LogP contribution in [-0.4, -0.2) is 32.6 Å². The summed E-state index contributed by atoms with van der Waals surface area (Å²) >= 11 is 1.62. The molecule has 0 saturated carbocycles. The maximum absolute atomic E-state index is 4.62. The van der Waals surface area contributed by atoms with Gasteiger partial charge in [0.05, 0.1) is 11.4 Å². The van der Waals surface area contributed by atoms with E-state index in [4.69, 9.17) is 0 Å². The van der Waals surface area contributed by atoms with Crippen molar-refractivity contribution < 1.29 is 0 Å². The lowest BCUT2D eigenvalue weighted by atomic mass is 10.1. The molecule has 0 aromatic carbocycles. The van der Waals surface area contributed by atoms with Crippen molar-refractivity contribution in [2.75, 3.05) is 13.1 Å². The molecule has 2 aromatic rings. The van der Waals surface area contributed by atoms with Crippen LogP contribution >= 0.6 is 11.3 Å². The van der Waals surface area contributed by atoms with E-state index in [2.05, 4.69) is 28.8 Å². The van der Waals surface area contributed by atoms with Crippen LogP contribution in [0.5, 0.6) is 0 Å². The second-order valence-corrected chi connectivity index (χ2v) is 5.63. The summed E-state index contributed by atoms with van der Waals surface area (Å²) in [5.41, 5.74) is 4.41. The largest absolute Gasteiger partial charge is 0.297 e. The summed E-state index contributed by atoms with van der Waals surface area (Å²) in [5, 5.41) is 4.35. The molecule has 0 bridgehead atoms. The lowest BCUT2D eigenvalue weighted by Gasteiger charge is -2.27. The Morgan fingerprint density at radius 1 is 1.50 bits per heavy atom. The first-order valence-corrected chi connectivity index (χ1v) is 6.64. The number of rotatable bonds is 2. The van der Waals surface area contributed by atoms with Crippen molar-refractivity contribution in [3.63, 3.8) is 0 Å². The third-order valence-electron chi connectivity index (χ3n) is 2.98. The van der Waals surface area contributed by atoms with E-state index in [0.717, 1.165) is 36.9 Å². The van der Waals surface area contributed by atoms with Crippen LogP contribution in [0.3, 0.4) is 0 Å². The molecular formula is C11H16N4S. The minimum absolute atomic E-state index is 0.723. The summed E-state index contributed by atoms with van der Waals surface area (Å²) in [5.74, 6) is 0.723. The molecule has 0 amide bonds. The zero-order valence-electron chi connectivity index (χ0n) is 9.68. The highest BCUT2D eigenvalue weighted by Gasteiger charge is 2.22. The molecule has 1 aliphatic rings. The fourth-order valence-corrected chi connectivity index (χ4v) is 3.02. The number of imidazole rings is 1. The lowest BCUT2D eigenvalue weighted by Crippen LogP contribution is -2.33. The van der Waals surface area contributed by atoms with Crippen LogP contribution in [-0.2, 0) is 13.0 Å². The Morgan fingerprint density at radius 2 is 2.38 bits per heavy atom. The molecule has 1 aliphatic heterocycles. The highest BCUT2D eigenvalue weighted by Crippen LogP contribution is 2.22. The van der Waals surface area contributed by atoms with Gasteiger partial charge in [0.1, 0.15) is 5.51 Å².